The molecule has 10 rings (SSSR count). The summed E-state index contributed by atoms with van der Waals surface area (Å²) in [7, 11) is 0. The molecule has 0 N–H and O–H groups in total. The van der Waals surface area contributed by atoms with Gasteiger partial charge in [0.15, 0.2) is 0 Å². The minimum atomic E-state index is 0.942. The van der Waals surface area contributed by atoms with Crippen molar-refractivity contribution in [2.24, 2.45) is 0 Å². The molecule has 0 saturated heterocycles. The summed E-state index contributed by atoms with van der Waals surface area (Å²) in [5.74, 6) is 0.942. The van der Waals surface area contributed by atoms with E-state index in [1.165, 1.54) is 54.1 Å². The van der Waals surface area contributed by atoms with Crippen LogP contribution in [0.4, 0.5) is 0 Å². The maximum absolute atomic E-state index is 5.32. The van der Waals surface area contributed by atoms with Gasteiger partial charge in [0, 0.05) is 33.1 Å². The first-order valence-corrected chi connectivity index (χ1v) is 15.7. The van der Waals surface area contributed by atoms with Gasteiger partial charge in [-0.1, -0.05) is 121 Å². The number of imidazole rings is 1. The molecule has 0 aliphatic heterocycles. The molecule has 2 aromatic heterocycles. The van der Waals surface area contributed by atoms with Crippen molar-refractivity contribution in [3.63, 3.8) is 0 Å². The number of hydrogen-bond acceptors (Lipinski definition) is 1. The number of rotatable bonds is 3. The largest absolute Gasteiger partial charge is 0.309 e. The fraction of sp³-hybridized carbons (Fsp3) is 0. The van der Waals surface area contributed by atoms with Gasteiger partial charge in [0.1, 0.15) is 5.82 Å². The van der Waals surface area contributed by atoms with Crippen LogP contribution in [0.1, 0.15) is 0 Å². The molecule has 0 aliphatic carbocycles. The lowest BCUT2D eigenvalue weighted by Gasteiger charge is -2.15. The first-order chi connectivity index (χ1) is 22.8. The highest BCUT2D eigenvalue weighted by molar-refractivity contribution is 6.34. The Kier molecular flexibility index (Phi) is 5.28. The maximum Gasteiger partial charge on any atom is 0.145 e. The smallest absolute Gasteiger partial charge is 0.145 e. The monoisotopic (exact) mass is 585 g/mol. The number of benzene rings is 8. The van der Waals surface area contributed by atoms with E-state index < -0.39 is 0 Å². The van der Waals surface area contributed by atoms with Gasteiger partial charge >= 0.3 is 0 Å². The molecule has 10 aromatic rings. The Labute approximate surface area is 265 Å². The van der Waals surface area contributed by atoms with Crippen molar-refractivity contribution >= 4 is 65.2 Å². The van der Waals surface area contributed by atoms with Gasteiger partial charge in [-0.05, 0) is 69.4 Å². The molecule has 3 nitrogen and oxygen atoms in total. The summed E-state index contributed by atoms with van der Waals surface area (Å²) in [4.78, 5) is 5.32. The van der Waals surface area contributed by atoms with Crippen LogP contribution in [0, 0.1) is 0 Å². The maximum atomic E-state index is 5.32. The van der Waals surface area contributed by atoms with Gasteiger partial charge in [0.2, 0.25) is 0 Å². The second kappa shape index (κ2) is 9.65. The molecule has 46 heavy (non-hydrogen) atoms. The Morgan fingerprint density at radius 1 is 0.370 bits per heavy atom. The highest BCUT2D eigenvalue weighted by Crippen LogP contribution is 2.44. The van der Waals surface area contributed by atoms with Gasteiger partial charge in [-0.15, -0.1) is 0 Å². The van der Waals surface area contributed by atoms with Crippen molar-refractivity contribution in [1.29, 1.82) is 0 Å². The Hall–Kier alpha value is -6.19. The highest BCUT2D eigenvalue weighted by atomic mass is 15.1. The van der Waals surface area contributed by atoms with E-state index in [-0.39, 0.29) is 0 Å². The summed E-state index contributed by atoms with van der Waals surface area (Å²) in [5.41, 5.74) is 7.89. The minimum absolute atomic E-state index is 0.942. The first-order valence-electron chi connectivity index (χ1n) is 15.7. The quantitative estimate of drug-likeness (QED) is 0.189. The molecule has 8 aromatic carbocycles. The lowest BCUT2D eigenvalue weighted by atomic mass is 9.92. The van der Waals surface area contributed by atoms with E-state index in [1.54, 1.807) is 0 Å². The second-order valence-corrected chi connectivity index (χ2v) is 12.0. The Morgan fingerprint density at radius 3 is 1.65 bits per heavy atom. The molecule has 0 saturated carbocycles. The predicted octanol–water partition coefficient (Wildman–Crippen LogP) is 11.2. The average molecular weight is 586 g/mol. The molecule has 0 amide bonds. The molecule has 214 valence electrons. The third kappa shape index (κ3) is 3.51. The summed E-state index contributed by atoms with van der Waals surface area (Å²) >= 11 is 0. The van der Waals surface area contributed by atoms with Gasteiger partial charge < -0.3 is 4.57 Å². The van der Waals surface area contributed by atoms with Crippen LogP contribution >= 0.6 is 0 Å². The number of fused-ring (bicyclic) bond motifs is 11. The molecule has 0 radical (unpaired) electrons. The highest BCUT2D eigenvalue weighted by Gasteiger charge is 2.21. The summed E-state index contributed by atoms with van der Waals surface area (Å²) in [6, 6.07) is 58.8. The molecule has 0 atom stereocenters. The van der Waals surface area contributed by atoms with Gasteiger partial charge in [-0.3, -0.25) is 4.57 Å². The summed E-state index contributed by atoms with van der Waals surface area (Å²) in [5, 5.41) is 9.97. The summed E-state index contributed by atoms with van der Waals surface area (Å²) in [6.45, 7) is 0. The van der Waals surface area contributed by atoms with Gasteiger partial charge in [-0.2, -0.15) is 0 Å². The van der Waals surface area contributed by atoms with Crippen LogP contribution < -0.4 is 0 Å². The Morgan fingerprint density at radius 2 is 0.913 bits per heavy atom. The van der Waals surface area contributed by atoms with E-state index in [4.69, 9.17) is 4.98 Å². The van der Waals surface area contributed by atoms with E-state index in [9.17, 15) is 0 Å². The summed E-state index contributed by atoms with van der Waals surface area (Å²) in [6.07, 6.45) is 0. The van der Waals surface area contributed by atoms with E-state index in [0.717, 1.165) is 33.8 Å². The number of nitrogens with zero attached hydrogens (tertiary/aromatic N) is 3. The van der Waals surface area contributed by atoms with Crippen LogP contribution in [0.2, 0.25) is 0 Å². The molecule has 0 fully saturated rings. The number of hydrogen-bond donors (Lipinski definition) is 0. The normalized spacial score (nSPS) is 11.9. The van der Waals surface area contributed by atoms with Crippen LogP contribution in [0.3, 0.4) is 0 Å². The fourth-order valence-electron chi connectivity index (χ4n) is 7.52. The van der Waals surface area contributed by atoms with Crippen LogP contribution in [0.15, 0.2) is 164 Å². The molecule has 2 heterocycles. The minimum Gasteiger partial charge on any atom is -0.309 e. The standard InChI is InChI=1S/C43H27N3/c1-4-14-28(15-5-1)43-44-38-26-36-34-24-25-35-32-21-12-13-23-39(32)45(29-16-6-2-7-17-29)42(35)41(34)33-22-11-10-20-31(33)37(36)27-40(38)46(43)30-18-8-3-9-19-30/h1-27H. The Bertz CT molecular complexity index is 2770. The molecule has 0 spiro atoms. The summed E-state index contributed by atoms with van der Waals surface area (Å²) < 4.78 is 4.75. The molecule has 0 bridgehead atoms. The molecular weight excluding hydrogens is 558 g/mol. The number of para-hydroxylation sites is 3. The fourth-order valence-corrected chi connectivity index (χ4v) is 7.52. The van der Waals surface area contributed by atoms with E-state index in [0.29, 0.717) is 0 Å². The first kappa shape index (κ1) is 25.2. The van der Waals surface area contributed by atoms with Crippen molar-refractivity contribution in [1.82, 2.24) is 14.1 Å². The van der Waals surface area contributed by atoms with Crippen molar-refractivity contribution < 1.29 is 0 Å². The van der Waals surface area contributed by atoms with Crippen molar-refractivity contribution in [2.45, 2.75) is 0 Å². The van der Waals surface area contributed by atoms with E-state index in [1.807, 2.05) is 0 Å². The van der Waals surface area contributed by atoms with Crippen LogP contribution in [0.25, 0.3) is 87.9 Å². The zero-order chi connectivity index (χ0) is 30.2. The van der Waals surface area contributed by atoms with Crippen LogP contribution in [-0.2, 0) is 0 Å². The molecular formula is C43H27N3. The van der Waals surface area contributed by atoms with Gasteiger partial charge in [-0.25, -0.2) is 4.98 Å². The van der Waals surface area contributed by atoms with Crippen LogP contribution in [-0.4, -0.2) is 14.1 Å². The molecule has 0 unspecified atom stereocenters. The molecule has 0 aliphatic rings. The number of aromatic nitrogens is 3. The zero-order valence-corrected chi connectivity index (χ0v) is 24.9. The van der Waals surface area contributed by atoms with Crippen molar-refractivity contribution in [3.8, 4) is 22.8 Å². The van der Waals surface area contributed by atoms with Crippen molar-refractivity contribution in [3.05, 3.63) is 164 Å². The van der Waals surface area contributed by atoms with Gasteiger partial charge in [0.05, 0.1) is 22.1 Å². The Balaban J connectivity index is 1.41. The second-order valence-electron chi connectivity index (χ2n) is 12.0. The van der Waals surface area contributed by atoms with E-state index >= 15 is 0 Å². The lowest BCUT2D eigenvalue weighted by Crippen LogP contribution is -1.97. The van der Waals surface area contributed by atoms with Crippen molar-refractivity contribution in [2.75, 3.05) is 0 Å². The third-order valence-corrected chi connectivity index (χ3v) is 9.47. The van der Waals surface area contributed by atoms with Crippen LogP contribution in [0.5, 0.6) is 0 Å². The zero-order valence-electron chi connectivity index (χ0n) is 24.9. The third-order valence-electron chi connectivity index (χ3n) is 9.47. The van der Waals surface area contributed by atoms with E-state index in [2.05, 4.69) is 173 Å². The predicted molar refractivity (Wildman–Crippen MR) is 193 cm³/mol. The average Bonchev–Trinajstić information content (AvgIpc) is 3.68. The molecule has 3 heteroatoms. The SMILES string of the molecule is c1ccc(-c2nc3cc4c(cc3n2-c2ccccc2)c2ccccc2c2c4ccc3c4ccccc4n(-c4ccccc4)c32)cc1. The van der Waals surface area contributed by atoms with Gasteiger partial charge in [0.25, 0.3) is 0 Å². The topological polar surface area (TPSA) is 22.8 Å². The lowest BCUT2D eigenvalue weighted by molar-refractivity contribution is 1.10.